The number of ether oxygens (including phenoxy) is 1. The number of fused-ring (bicyclic) bond motifs is 1. The number of pyridine rings is 2. The first-order valence-corrected chi connectivity index (χ1v) is 13.3. The van der Waals surface area contributed by atoms with Crippen LogP contribution in [-0.2, 0) is 11.2 Å². The lowest BCUT2D eigenvalue weighted by molar-refractivity contribution is -0.0755. The zero-order chi connectivity index (χ0) is 30.4. The first-order valence-electron chi connectivity index (χ1n) is 13.3. The highest BCUT2D eigenvalue weighted by Crippen LogP contribution is 2.54. The molecule has 8 nitrogen and oxygen atoms in total. The van der Waals surface area contributed by atoms with Crippen molar-refractivity contribution in [2.75, 3.05) is 13.7 Å². The molecule has 2 aromatic heterocycles. The van der Waals surface area contributed by atoms with Crippen LogP contribution >= 0.6 is 0 Å². The Balaban J connectivity index is 1.57. The second-order valence-electron chi connectivity index (χ2n) is 11.1. The van der Waals surface area contributed by atoms with Crippen LogP contribution in [0, 0.1) is 11.6 Å². The molecule has 0 saturated heterocycles. The molecular formula is C31H32F3N5O3. The highest BCUT2D eigenvalue weighted by molar-refractivity contribution is 5.88. The highest BCUT2D eigenvalue weighted by Gasteiger charge is 2.62. The van der Waals surface area contributed by atoms with Crippen LogP contribution in [0.4, 0.5) is 13.2 Å². The van der Waals surface area contributed by atoms with Gasteiger partial charge in [0, 0.05) is 34.5 Å². The molecule has 6 N–H and O–H groups in total. The van der Waals surface area contributed by atoms with E-state index in [4.69, 9.17) is 16.3 Å². The average molecular weight is 580 g/mol. The Kier molecular flexibility index (Phi) is 7.38. The summed E-state index contributed by atoms with van der Waals surface area (Å²) in [5, 5.41) is 24.5. The fourth-order valence-corrected chi connectivity index (χ4v) is 5.01. The summed E-state index contributed by atoms with van der Waals surface area (Å²) < 4.78 is 50.7. The number of benzene rings is 2. The third-order valence-corrected chi connectivity index (χ3v) is 7.53. The summed E-state index contributed by atoms with van der Waals surface area (Å²) in [6, 6.07) is 13.1. The van der Waals surface area contributed by atoms with Crippen molar-refractivity contribution < 1.29 is 28.1 Å². The number of hydrazine groups is 1. The lowest BCUT2D eigenvalue weighted by atomic mass is 9.86. The second-order valence-corrected chi connectivity index (χ2v) is 11.1. The molecule has 1 aliphatic carbocycles. The van der Waals surface area contributed by atoms with Crippen molar-refractivity contribution in [2.45, 2.75) is 43.6 Å². The maximum Gasteiger partial charge on any atom is 0.159 e. The number of aromatic nitrogens is 2. The first kappa shape index (κ1) is 29.3. The van der Waals surface area contributed by atoms with Crippen LogP contribution in [0.15, 0.2) is 67.0 Å². The zero-order valence-corrected chi connectivity index (χ0v) is 23.4. The van der Waals surface area contributed by atoms with E-state index in [9.17, 15) is 14.6 Å². The maximum atomic E-state index is 16.0. The number of alkyl halides is 1. The molecule has 1 atom stereocenters. The molecule has 0 radical (unpaired) electrons. The summed E-state index contributed by atoms with van der Waals surface area (Å²) >= 11 is 0. The van der Waals surface area contributed by atoms with Crippen molar-refractivity contribution >= 4 is 16.6 Å². The minimum atomic E-state index is -2.33. The molecule has 1 unspecified atom stereocenters. The Bertz CT molecular complexity index is 1670. The second kappa shape index (κ2) is 10.6. The van der Waals surface area contributed by atoms with Gasteiger partial charge in [0.25, 0.3) is 0 Å². The average Bonchev–Trinajstić information content (AvgIpc) is 3.71. The monoisotopic (exact) mass is 579 g/mol. The predicted molar refractivity (Wildman–Crippen MR) is 153 cm³/mol. The van der Waals surface area contributed by atoms with Crippen LogP contribution in [0.1, 0.15) is 43.5 Å². The maximum absolute atomic E-state index is 16.0. The minimum absolute atomic E-state index is 0.00813. The van der Waals surface area contributed by atoms with Gasteiger partial charge in [-0.2, -0.15) is 0 Å². The van der Waals surface area contributed by atoms with Crippen LogP contribution < -0.4 is 16.3 Å². The van der Waals surface area contributed by atoms with Gasteiger partial charge < -0.3 is 25.7 Å². The molecule has 2 aromatic carbocycles. The summed E-state index contributed by atoms with van der Waals surface area (Å²) in [4.78, 5) is 8.64. The summed E-state index contributed by atoms with van der Waals surface area (Å²) in [5.74, 6) is 5.35. The number of halogens is 3. The Labute approximate surface area is 241 Å². The number of nitrogens with zero attached hydrogens (tertiary/aromatic N) is 3. The van der Waals surface area contributed by atoms with Crippen LogP contribution in [0.3, 0.4) is 0 Å². The molecule has 220 valence electrons. The quantitative estimate of drug-likeness (QED) is 0.167. The van der Waals surface area contributed by atoms with Gasteiger partial charge in [-0.25, -0.2) is 24.0 Å². The van der Waals surface area contributed by atoms with E-state index in [0.29, 0.717) is 16.8 Å². The Hall–Kier alpha value is -4.19. The van der Waals surface area contributed by atoms with Gasteiger partial charge >= 0.3 is 0 Å². The van der Waals surface area contributed by atoms with E-state index in [0.717, 1.165) is 28.6 Å². The predicted octanol–water partition coefficient (Wildman–Crippen LogP) is 4.63. The van der Waals surface area contributed by atoms with E-state index >= 15 is 8.78 Å². The molecule has 4 aromatic rings. The molecule has 2 heterocycles. The molecule has 0 aliphatic heterocycles. The van der Waals surface area contributed by atoms with Crippen molar-refractivity contribution in [2.24, 2.45) is 11.6 Å². The normalized spacial score (nSPS) is 16.3. The largest absolute Gasteiger partial charge is 0.494 e. The van der Waals surface area contributed by atoms with Gasteiger partial charge in [-0.05, 0) is 75.2 Å². The lowest BCUT2D eigenvalue weighted by Gasteiger charge is -2.35. The number of hydrogen-bond acceptors (Lipinski definition) is 8. The Morgan fingerprint density at radius 1 is 1.12 bits per heavy atom. The molecule has 0 spiro atoms. The van der Waals surface area contributed by atoms with Crippen LogP contribution in [0.5, 0.6) is 5.75 Å². The van der Waals surface area contributed by atoms with E-state index < -0.39 is 35.1 Å². The van der Waals surface area contributed by atoms with E-state index in [1.54, 1.807) is 24.4 Å². The Morgan fingerprint density at radius 3 is 2.43 bits per heavy atom. The summed E-state index contributed by atoms with van der Waals surface area (Å²) in [6.07, 6.45) is 3.00. The Morgan fingerprint density at radius 2 is 1.81 bits per heavy atom. The molecule has 11 heteroatoms. The van der Waals surface area contributed by atoms with Gasteiger partial charge in [0.1, 0.15) is 28.4 Å². The highest BCUT2D eigenvalue weighted by atomic mass is 19.1. The van der Waals surface area contributed by atoms with Crippen molar-refractivity contribution in [1.82, 2.24) is 15.0 Å². The fraction of sp³-hybridized carbons (Fsp3) is 0.290. The van der Waals surface area contributed by atoms with Gasteiger partial charge in [0.05, 0.1) is 30.6 Å². The molecule has 1 fully saturated rings. The van der Waals surface area contributed by atoms with Gasteiger partial charge in [-0.1, -0.05) is 6.07 Å². The molecule has 1 aliphatic rings. The van der Waals surface area contributed by atoms with E-state index in [1.165, 1.54) is 39.3 Å². The number of rotatable bonds is 9. The van der Waals surface area contributed by atoms with E-state index in [1.807, 2.05) is 6.07 Å². The standard InChI is InChI=1S/C31H32F3N5O3/c1-29(2,40)22-15-25(38-28(26(22)33)18-6-8-21(32)9-7-18)31(41,30(34)10-11-30)17-39(36)16-23(35)20-13-19-5-4-12-37-27(19)24(14-20)42-3/h4-9,12-16,40-41H,10-11,17,35-36H2,1-3H3/b23-16-. The third kappa shape index (κ3) is 5.38. The zero-order valence-electron chi connectivity index (χ0n) is 23.4. The van der Waals surface area contributed by atoms with Crippen LogP contribution in [0.25, 0.3) is 27.9 Å². The summed E-state index contributed by atoms with van der Waals surface area (Å²) in [6.45, 7) is 2.21. The number of nitrogens with two attached hydrogens (primary N) is 2. The minimum Gasteiger partial charge on any atom is -0.494 e. The first-order chi connectivity index (χ1) is 19.8. The van der Waals surface area contributed by atoms with E-state index in [-0.39, 0.29) is 41.1 Å². The molecule has 0 bridgehead atoms. The van der Waals surface area contributed by atoms with Crippen molar-refractivity contribution in [1.29, 1.82) is 0 Å². The van der Waals surface area contributed by atoms with Crippen molar-refractivity contribution in [3.05, 3.63) is 95.4 Å². The van der Waals surface area contributed by atoms with Crippen LogP contribution in [-0.4, -0.2) is 44.5 Å². The lowest BCUT2D eigenvalue weighted by Crippen LogP contribution is -2.50. The fourth-order valence-electron chi connectivity index (χ4n) is 5.01. The number of aliphatic hydroxyl groups is 2. The van der Waals surface area contributed by atoms with Gasteiger partial charge in [0.15, 0.2) is 11.4 Å². The van der Waals surface area contributed by atoms with Gasteiger partial charge in [-0.15, -0.1) is 0 Å². The SMILES string of the molecule is COc1cc(/C(N)=C/N(N)CC(O)(c2cc(C(C)(C)O)c(F)c(-c3ccc(F)cc3)n2)C2(F)CC2)cc2cccnc12. The van der Waals surface area contributed by atoms with Crippen molar-refractivity contribution in [3.8, 4) is 17.0 Å². The smallest absolute Gasteiger partial charge is 0.159 e. The number of methoxy groups -OCH3 is 1. The summed E-state index contributed by atoms with van der Waals surface area (Å²) in [7, 11) is 1.51. The third-order valence-electron chi connectivity index (χ3n) is 7.53. The molecule has 0 amide bonds. The van der Waals surface area contributed by atoms with Gasteiger partial charge in [-0.3, -0.25) is 4.98 Å². The molecule has 5 rings (SSSR count). The van der Waals surface area contributed by atoms with E-state index in [2.05, 4.69) is 9.97 Å². The molecule has 42 heavy (non-hydrogen) atoms. The molecule has 1 saturated carbocycles. The molecular weight excluding hydrogens is 547 g/mol. The number of hydrogen-bond donors (Lipinski definition) is 4. The van der Waals surface area contributed by atoms with Gasteiger partial charge in [0.2, 0.25) is 0 Å². The summed E-state index contributed by atoms with van der Waals surface area (Å²) in [5.41, 5.74) is 1.03. The van der Waals surface area contributed by atoms with Crippen LogP contribution in [0.2, 0.25) is 0 Å². The topological polar surface area (TPSA) is 131 Å². The van der Waals surface area contributed by atoms with Crippen molar-refractivity contribution in [3.63, 3.8) is 0 Å².